The number of rotatable bonds is 0. The number of nitrogens with zero attached hydrogens (tertiary/aromatic N) is 3. The van der Waals surface area contributed by atoms with Crippen LogP contribution in [0.3, 0.4) is 0 Å². The normalized spacial score (nSPS) is 12.5. The molecule has 0 aromatic carbocycles. The lowest BCUT2D eigenvalue weighted by Crippen LogP contribution is -1.69. The number of hydrogen-bond acceptors (Lipinski definition) is 4. The summed E-state index contributed by atoms with van der Waals surface area (Å²) < 4.78 is 0. The van der Waals surface area contributed by atoms with Crippen LogP contribution in [-0.4, -0.2) is 15.2 Å². The highest BCUT2D eigenvalue weighted by Gasteiger charge is 2.19. The molecule has 4 heteroatoms. The third-order valence-electron chi connectivity index (χ3n) is 2.70. The zero-order valence-electron chi connectivity index (χ0n) is 7.73. The predicted molar refractivity (Wildman–Crippen MR) is 57.2 cm³/mol. The first kappa shape index (κ1) is 7.11. The predicted octanol–water partition coefficient (Wildman–Crippen LogP) is 2.19. The Balaban J connectivity index is 2.22. The van der Waals surface area contributed by atoms with Crippen molar-refractivity contribution in [2.75, 3.05) is 5.32 Å². The standard InChI is InChI=1S/C11H6N4/c1-2-8-6(4-13-15-8)3-9-7(1)11-10(14-11)5-12-9/h1-5,14H. The Hall–Kier alpha value is -2.23. The maximum absolute atomic E-state index is 4.38. The summed E-state index contributed by atoms with van der Waals surface area (Å²) in [5, 5.41) is 12.2. The summed E-state index contributed by atoms with van der Waals surface area (Å²) in [6.45, 7) is 0. The first-order valence-corrected chi connectivity index (χ1v) is 4.73. The van der Waals surface area contributed by atoms with Crippen molar-refractivity contribution >= 4 is 22.3 Å². The minimum atomic E-state index is 0.905. The van der Waals surface area contributed by atoms with Gasteiger partial charge in [-0.25, -0.2) is 0 Å². The molecule has 1 aromatic rings. The number of fused-ring (bicyclic) bond motifs is 4. The maximum Gasteiger partial charge on any atom is 0.0946 e. The summed E-state index contributed by atoms with van der Waals surface area (Å²) in [6, 6.07) is 6.04. The van der Waals surface area contributed by atoms with Gasteiger partial charge in [-0.2, -0.15) is 10.2 Å². The summed E-state index contributed by atoms with van der Waals surface area (Å²) in [5.41, 5.74) is 5.22. The Morgan fingerprint density at radius 2 is 2.13 bits per heavy atom. The van der Waals surface area contributed by atoms with Crippen molar-refractivity contribution in [3.8, 4) is 11.3 Å². The molecule has 0 radical (unpaired) electrons. The van der Waals surface area contributed by atoms with Gasteiger partial charge in [-0.1, -0.05) is 0 Å². The van der Waals surface area contributed by atoms with Crippen LogP contribution in [-0.2, 0) is 0 Å². The maximum atomic E-state index is 4.38. The molecule has 1 aromatic heterocycles. The molecule has 0 spiro atoms. The molecule has 3 heterocycles. The molecule has 70 valence electrons. The van der Waals surface area contributed by atoms with Crippen molar-refractivity contribution in [1.82, 2.24) is 15.2 Å². The molecule has 0 amide bonds. The van der Waals surface area contributed by atoms with Crippen molar-refractivity contribution in [1.29, 1.82) is 0 Å². The van der Waals surface area contributed by atoms with Crippen LogP contribution in [0.2, 0.25) is 0 Å². The van der Waals surface area contributed by atoms with E-state index in [9.17, 15) is 0 Å². The van der Waals surface area contributed by atoms with E-state index in [0.717, 1.165) is 27.8 Å². The average Bonchev–Trinajstić information content (AvgIpc) is 2.94. The van der Waals surface area contributed by atoms with Gasteiger partial charge in [0.15, 0.2) is 0 Å². The second-order valence-corrected chi connectivity index (χ2v) is 3.63. The zero-order chi connectivity index (χ0) is 9.83. The van der Waals surface area contributed by atoms with Crippen molar-refractivity contribution < 1.29 is 0 Å². The number of aromatic nitrogens is 3. The van der Waals surface area contributed by atoms with Crippen LogP contribution in [0.4, 0.5) is 11.4 Å². The van der Waals surface area contributed by atoms with Crippen molar-refractivity contribution in [2.24, 2.45) is 0 Å². The molecule has 0 fully saturated rings. The van der Waals surface area contributed by atoms with Gasteiger partial charge >= 0.3 is 0 Å². The summed E-state index contributed by atoms with van der Waals surface area (Å²) >= 11 is 0. The van der Waals surface area contributed by atoms with E-state index in [1.807, 2.05) is 24.4 Å². The van der Waals surface area contributed by atoms with E-state index < -0.39 is 0 Å². The third-order valence-corrected chi connectivity index (χ3v) is 2.70. The number of pyridine rings is 1. The van der Waals surface area contributed by atoms with Crippen LogP contribution in [0.5, 0.6) is 0 Å². The van der Waals surface area contributed by atoms with E-state index in [0.29, 0.717) is 0 Å². The molecule has 1 N–H and O–H groups in total. The van der Waals surface area contributed by atoms with E-state index >= 15 is 0 Å². The quantitative estimate of drug-likeness (QED) is 0.436. The van der Waals surface area contributed by atoms with Gasteiger partial charge in [-0.05, 0) is 18.2 Å². The van der Waals surface area contributed by atoms with Crippen LogP contribution >= 0.6 is 0 Å². The Morgan fingerprint density at radius 3 is 3.13 bits per heavy atom. The topological polar surface area (TPSA) is 60.6 Å². The molecule has 0 atom stereocenters. The van der Waals surface area contributed by atoms with Gasteiger partial charge in [0.25, 0.3) is 0 Å². The molecule has 0 bridgehead atoms. The van der Waals surface area contributed by atoms with Crippen LogP contribution < -0.4 is 5.32 Å². The molecule has 4 rings (SSSR count). The fourth-order valence-electron chi connectivity index (χ4n) is 1.86. The SMILES string of the molecule is c1nnc2ccc3c4c(cnc3cc1-2)N4. The van der Waals surface area contributed by atoms with Crippen molar-refractivity contribution in [3.63, 3.8) is 0 Å². The minimum Gasteiger partial charge on any atom is -0.350 e. The highest BCUT2D eigenvalue weighted by Crippen LogP contribution is 2.43. The zero-order valence-corrected chi connectivity index (χ0v) is 7.73. The molecule has 0 saturated heterocycles. The Labute approximate surface area is 85.3 Å². The summed E-state index contributed by atoms with van der Waals surface area (Å²) in [5.74, 6) is 0. The van der Waals surface area contributed by atoms with Gasteiger partial charge < -0.3 is 5.32 Å². The Bertz CT molecular complexity index is 662. The smallest absolute Gasteiger partial charge is 0.0946 e. The molecular weight excluding hydrogens is 188 g/mol. The molecule has 0 unspecified atom stereocenters. The molecule has 0 saturated carbocycles. The van der Waals surface area contributed by atoms with E-state index in [1.165, 1.54) is 5.69 Å². The van der Waals surface area contributed by atoms with Gasteiger partial charge in [0.2, 0.25) is 0 Å². The van der Waals surface area contributed by atoms with Gasteiger partial charge in [0, 0.05) is 10.9 Å². The largest absolute Gasteiger partial charge is 0.350 e. The monoisotopic (exact) mass is 194 g/mol. The van der Waals surface area contributed by atoms with Crippen LogP contribution in [0.25, 0.3) is 22.2 Å². The number of nitrogens with one attached hydrogen (secondary N) is 1. The molecule has 1 aliphatic carbocycles. The third kappa shape index (κ3) is 0.878. The molecule has 3 aliphatic rings. The highest BCUT2D eigenvalue weighted by atomic mass is 15.1. The second-order valence-electron chi connectivity index (χ2n) is 3.63. The summed E-state index contributed by atoms with van der Waals surface area (Å²) in [7, 11) is 0. The van der Waals surface area contributed by atoms with Crippen molar-refractivity contribution in [3.05, 3.63) is 30.6 Å². The van der Waals surface area contributed by atoms with Gasteiger partial charge in [-0.15, -0.1) is 0 Å². The van der Waals surface area contributed by atoms with E-state index in [2.05, 4.69) is 20.5 Å². The summed E-state index contributed by atoms with van der Waals surface area (Å²) in [4.78, 5) is 4.38. The molecule has 2 aliphatic heterocycles. The van der Waals surface area contributed by atoms with Gasteiger partial charge in [-0.3, -0.25) is 4.98 Å². The Kier molecular flexibility index (Phi) is 1.06. The van der Waals surface area contributed by atoms with Crippen molar-refractivity contribution in [2.45, 2.75) is 0 Å². The molecule has 4 nitrogen and oxygen atoms in total. The first-order valence-electron chi connectivity index (χ1n) is 4.73. The van der Waals surface area contributed by atoms with E-state index in [1.54, 1.807) is 6.20 Å². The fourth-order valence-corrected chi connectivity index (χ4v) is 1.86. The second kappa shape index (κ2) is 2.23. The number of hydrogen-bond donors (Lipinski definition) is 1. The molecular formula is C11H6N4. The number of anilines is 2. The summed E-state index contributed by atoms with van der Waals surface area (Å²) in [6.07, 6.45) is 3.61. The van der Waals surface area contributed by atoms with Crippen LogP contribution in [0.1, 0.15) is 0 Å². The highest BCUT2D eigenvalue weighted by molar-refractivity contribution is 6.09. The van der Waals surface area contributed by atoms with Gasteiger partial charge in [0.1, 0.15) is 0 Å². The van der Waals surface area contributed by atoms with Gasteiger partial charge in [0.05, 0.1) is 35.0 Å². The lowest BCUT2D eigenvalue weighted by atomic mass is 10.2. The van der Waals surface area contributed by atoms with E-state index in [-0.39, 0.29) is 0 Å². The molecule has 15 heavy (non-hydrogen) atoms. The minimum absolute atomic E-state index is 0.905. The Morgan fingerprint density at radius 1 is 1.13 bits per heavy atom. The first-order chi connectivity index (χ1) is 7.42. The van der Waals surface area contributed by atoms with Crippen LogP contribution in [0, 0.1) is 0 Å². The lowest BCUT2D eigenvalue weighted by Gasteiger charge is -1.86. The average molecular weight is 194 g/mol. The van der Waals surface area contributed by atoms with Crippen LogP contribution in [0.15, 0.2) is 30.6 Å². The fraction of sp³-hybridized carbons (Fsp3) is 0. The lowest BCUT2D eigenvalue weighted by molar-refractivity contribution is 1.10. The van der Waals surface area contributed by atoms with E-state index in [4.69, 9.17) is 0 Å².